The van der Waals surface area contributed by atoms with Crippen LogP contribution in [0.5, 0.6) is 0 Å². The quantitative estimate of drug-likeness (QED) is 0.289. The number of methoxy groups -OCH3 is 1. The van der Waals surface area contributed by atoms with Crippen LogP contribution in [0.4, 0.5) is 11.4 Å². The van der Waals surface area contributed by atoms with Gasteiger partial charge in [0, 0.05) is 11.9 Å². The lowest BCUT2D eigenvalue weighted by molar-refractivity contribution is -0.112. The van der Waals surface area contributed by atoms with E-state index in [2.05, 4.69) is 15.4 Å². The van der Waals surface area contributed by atoms with Crippen LogP contribution in [-0.2, 0) is 19.6 Å². The third-order valence-corrected chi connectivity index (χ3v) is 4.35. The Morgan fingerprint density at radius 1 is 1.14 bits per heavy atom. The zero-order chi connectivity index (χ0) is 20.7. The minimum atomic E-state index is -4.35. The van der Waals surface area contributed by atoms with Crippen molar-refractivity contribution in [2.75, 3.05) is 17.7 Å². The summed E-state index contributed by atoms with van der Waals surface area (Å²) < 4.78 is 35.6. The predicted molar refractivity (Wildman–Crippen MR) is 100.0 cm³/mol. The lowest BCUT2D eigenvalue weighted by Gasteiger charge is -2.08. The Hall–Kier alpha value is -3.68. The molecule has 3 N–H and O–H groups in total. The lowest BCUT2D eigenvalue weighted by Crippen LogP contribution is -2.15. The second-order valence-corrected chi connectivity index (χ2v) is 6.73. The first kappa shape index (κ1) is 20.6. The van der Waals surface area contributed by atoms with E-state index in [4.69, 9.17) is 4.55 Å². The number of esters is 1. The molecule has 0 aliphatic heterocycles. The molecular formula is C18H15N3O6S. The van der Waals surface area contributed by atoms with Crippen molar-refractivity contribution in [3.05, 3.63) is 65.9 Å². The van der Waals surface area contributed by atoms with E-state index < -0.39 is 22.0 Å². The largest absolute Gasteiger partial charge is 0.465 e. The highest BCUT2D eigenvalue weighted by Crippen LogP contribution is 2.17. The lowest BCUT2D eigenvalue weighted by atomic mass is 10.2. The molecule has 0 spiro atoms. The van der Waals surface area contributed by atoms with Crippen LogP contribution in [0.2, 0.25) is 0 Å². The number of carbonyl (C=O) groups is 2. The summed E-state index contributed by atoms with van der Waals surface area (Å²) in [6, 6.07) is 12.8. The third-order valence-electron chi connectivity index (χ3n) is 3.48. The monoisotopic (exact) mass is 401 g/mol. The Bertz CT molecular complexity index is 1070. The summed E-state index contributed by atoms with van der Waals surface area (Å²) in [7, 11) is -3.11. The van der Waals surface area contributed by atoms with Gasteiger partial charge in [-0.05, 0) is 36.4 Å². The van der Waals surface area contributed by atoms with Crippen molar-refractivity contribution in [2.45, 2.75) is 4.90 Å². The molecule has 0 aliphatic carbocycles. The van der Waals surface area contributed by atoms with Crippen molar-refractivity contribution in [3.8, 4) is 6.07 Å². The number of nitrogens with zero attached hydrogens (tertiary/aromatic N) is 1. The van der Waals surface area contributed by atoms with Gasteiger partial charge in [0.15, 0.2) is 0 Å². The fourth-order valence-corrected chi connectivity index (χ4v) is 2.58. The molecule has 0 unspecified atom stereocenters. The van der Waals surface area contributed by atoms with E-state index in [0.29, 0.717) is 5.69 Å². The second-order valence-electron chi connectivity index (χ2n) is 5.30. The number of ether oxygens (including phenoxy) is 1. The maximum atomic E-state index is 12.2. The molecule has 9 nitrogen and oxygen atoms in total. The first-order valence-corrected chi connectivity index (χ1v) is 9.13. The van der Waals surface area contributed by atoms with Gasteiger partial charge in [-0.15, -0.1) is 0 Å². The second kappa shape index (κ2) is 8.81. The summed E-state index contributed by atoms with van der Waals surface area (Å²) in [4.78, 5) is 23.6. The van der Waals surface area contributed by atoms with Crippen LogP contribution in [0.3, 0.4) is 0 Å². The molecule has 2 aromatic carbocycles. The maximum Gasteiger partial charge on any atom is 0.339 e. The molecule has 0 bridgehead atoms. The average molecular weight is 401 g/mol. The molecule has 0 radical (unpaired) electrons. The Morgan fingerprint density at radius 2 is 1.79 bits per heavy atom. The van der Waals surface area contributed by atoms with Gasteiger partial charge in [0.05, 0.1) is 23.3 Å². The summed E-state index contributed by atoms with van der Waals surface area (Å²) in [6.45, 7) is 0. The Morgan fingerprint density at radius 3 is 2.36 bits per heavy atom. The molecule has 0 atom stereocenters. The fourth-order valence-electron chi connectivity index (χ4n) is 2.10. The molecule has 0 aromatic heterocycles. The smallest absolute Gasteiger partial charge is 0.339 e. The molecule has 10 heteroatoms. The molecule has 1 amide bonds. The van der Waals surface area contributed by atoms with Crippen LogP contribution in [0.25, 0.3) is 0 Å². The summed E-state index contributed by atoms with van der Waals surface area (Å²) >= 11 is 0. The molecule has 0 saturated carbocycles. The van der Waals surface area contributed by atoms with Crippen molar-refractivity contribution in [1.29, 1.82) is 5.26 Å². The molecule has 144 valence electrons. The van der Waals surface area contributed by atoms with Gasteiger partial charge < -0.3 is 15.4 Å². The van der Waals surface area contributed by atoms with Crippen LogP contribution < -0.4 is 10.6 Å². The van der Waals surface area contributed by atoms with Crippen LogP contribution in [-0.4, -0.2) is 32.0 Å². The van der Waals surface area contributed by atoms with Crippen LogP contribution >= 0.6 is 0 Å². The SMILES string of the molecule is COC(=O)c1ccccc1N/C=C(/C#N)C(=O)Nc1ccc(S(=O)(=O)O)cc1. The Labute approximate surface area is 161 Å². The standard InChI is InChI=1S/C18H15N3O6S/c1-27-18(23)15-4-2-3-5-16(15)20-11-12(10-19)17(22)21-13-6-8-14(9-7-13)28(24,25)26/h2-9,11,20H,1H3,(H,21,22)(H,24,25,26)/b12-11-. The van der Waals surface area contributed by atoms with E-state index in [1.807, 2.05) is 0 Å². The van der Waals surface area contributed by atoms with Gasteiger partial charge in [0.2, 0.25) is 0 Å². The molecule has 0 fully saturated rings. The van der Waals surface area contributed by atoms with Gasteiger partial charge in [-0.1, -0.05) is 12.1 Å². The normalized spacial score (nSPS) is 11.2. The summed E-state index contributed by atoms with van der Waals surface area (Å²) in [5.74, 6) is -1.34. The summed E-state index contributed by atoms with van der Waals surface area (Å²) in [5.41, 5.74) is 0.485. The van der Waals surface area contributed by atoms with Gasteiger partial charge in [-0.3, -0.25) is 9.35 Å². The third kappa shape index (κ3) is 5.16. The first-order valence-electron chi connectivity index (χ1n) is 7.69. The summed E-state index contributed by atoms with van der Waals surface area (Å²) in [6.07, 6.45) is 1.13. The van der Waals surface area contributed by atoms with Crippen LogP contribution in [0, 0.1) is 11.3 Å². The van der Waals surface area contributed by atoms with Gasteiger partial charge >= 0.3 is 5.97 Å². The molecule has 2 aromatic rings. The number of anilines is 2. The number of hydrogen-bond acceptors (Lipinski definition) is 7. The van der Waals surface area contributed by atoms with Crippen LogP contribution in [0.1, 0.15) is 10.4 Å². The molecule has 0 saturated heterocycles. The van der Waals surface area contributed by atoms with E-state index in [1.54, 1.807) is 24.3 Å². The molecule has 28 heavy (non-hydrogen) atoms. The van der Waals surface area contributed by atoms with Crippen molar-refractivity contribution in [2.24, 2.45) is 0 Å². The van der Waals surface area contributed by atoms with Gasteiger partial charge in [0.25, 0.3) is 16.0 Å². The molecule has 0 heterocycles. The molecular weight excluding hydrogens is 386 g/mol. The number of nitrogens with one attached hydrogen (secondary N) is 2. The van der Waals surface area contributed by atoms with Gasteiger partial charge in [-0.2, -0.15) is 13.7 Å². The minimum Gasteiger partial charge on any atom is -0.465 e. The van der Waals surface area contributed by atoms with E-state index in [-0.39, 0.29) is 21.7 Å². The van der Waals surface area contributed by atoms with Crippen LogP contribution in [0.15, 0.2) is 65.2 Å². The minimum absolute atomic E-state index is 0.216. The highest BCUT2D eigenvalue weighted by Gasteiger charge is 2.14. The van der Waals surface area contributed by atoms with E-state index in [9.17, 15) is 23.3 Å². The first-order chi connectivity index (χ1) is 13.3. The van der Waals surface area contributed by atoms with E-state index >= 15 is 0 Å². The molecule has 0 aliphatic rings. The maximum absolute atomic E-state index is 12.2. The number of para-hydroxylation sites is 1. The number of rotatable bonds is 6. The topological polar surface area (TPSA) is 146 Å². The van der Waals surface area contributed by atoms with E-state index in [1.165, 1.54) is 25.3 Å². The predicted octanol–water partition coefficient (Wildman–Crippen LogP) is 2.18. The number of carbonyl (C=O) groups excluding carboxylic acids is 2. The number of hydrogen-bond donors (Lipinski definition) is 3. The Kier molecular flexibility index (Phi) is 6.49. The zero-order valence-electron chi connectivity index (χ0n) is 14.5. The zero-order valence-corrected chi connectivity index (χ0v) is 15.4. The average Bonchev–Trinajstić information content (AvgIpc) is 2.68. The molecule has 2 rings (SSSR count). The van der Waals surface area contributed by atoms with Crippen molar-refractivity contribution >= 4 is 33.4 Å². The summed E-state index contributed by atoms with van der Waals surface area (Å²) in [5, 5.41) is 14.3. The van der Waals surface area contributed by atoms with Crippen molar-refractivity contribution < 1.29 is 27.3 Å². The Balaban J connectivity index is 2.16. The number of amides is 1. The fraction of sp³-hybridized carbons (Fsp3) is 0.0556. The number of nitriles is 1. The van der Waals surface area contributed by atoms with E-state index in [0.717, 1.165) is 18.3 Å². The highest BCUT2D eigenvalue weighted by molar-refractivity contribution is 7.85. The van der Waals surface area contributed by atoms with Crippen molar-refractivity contribution in [3.63, 3.8) is 0 Å². The number of benzene rings is 2. The van der Waals surface area contributed by atoms with Gasteiger partial charge in [-0.25, -0.2) is 4.79 Å². The van der Waals surface area contributed by atoms with Gasteiger partial charge in [0.1, 0.15) is 11.6 Å². The van der Waals surface area contributed by atoms with Crippen molar-refractivity contribution in [1.82, 2.24) is 0 Å². The highest BCUT2D eigenvalue weighted by atomic mass is 32.2.